The molecule has 0 aromatic carbocycles. The number of sulfonamides is 1. The van der Waals surface area contributed by atoms with E-state index in [-0.39, 0.29) is 5.92 Å². The van der Waals surface area contributed by atoms with Crippen molar-refractivity contribution >= 4 is 10.0 Å². The highest BCUT2D eigenvalue weighted by molar-refractivity contribution is 7.93. The first-order valence-corrected chi connectivity index (χ1v) is 4.01. The maximum Gasteiger partial charge on any atom is 0.277 e. The minimum absolute atomic E-state index is 0.0447. The molecule has 0 heterocycles. The monoisotopic (exact) mass is 147 g/mol. The standard InChI is InChI=1S/C5H9NO2S/c1-5(2)3-4-9(6,7)8/h5H,1-2H3,(H2,6,7,8). The Morgan fingerprint density at radius 2 is 1.89 bits per heavy atom. The van der Waals surface area contributed by atoms with E-state index < -0.39 is 10.0 Å². The molecular weight excluding hydrogens is 138 g/mol. The highest BCUT2D eigenvalue weighted by Gasteiger charge is 1.91. The minimum Gasteiger partial charge on any atom is -0.218 e. The van der Waals surface area contributed by atoms with Crippen molar-refractivity contribution in [2.24, 2.45) is 11.1 Å². The van der Waals surface area contributed by atoms with Gasteiger partial charge in [0.1, 0.15) is 0 Å². The van der Waals surface area contributed by atoms with E-state index >= 15 is 0 Å². The lowest BCUT2D eigenvalue weighted by molar-refractivity contribution is 0.607. The zero-order valence-corrected chi connectivity index (χ0v) is 6.20. The Morgan fingerprint density at radius 3 is 2.00 bits per heavy atom. The summed E-state index contributed by atoms with van der Waals surface area (Å²) in [6.07, 6.45) is 0. The topological polar surface area (TPSA) is 60.2 Å². The molecule has 0 aromatic heterocycles. The van der Waals surface area contributed by atoms with E-state index in [1.165, 1.54) is 0 Å². The molecule has 0 fully saturated rings. The van der Waals surface area contributed by atoms with Gasteiger partial charge in [0.25, 0.3) is 10.0 Å². The molecule has 4 heteroatoms. The fourth-order valence-electron chi connectivity index (χ4n) is 0.200. The van der Waals surface area contributed by atoms with E-state index in [1.54, 1.807) is 13.8 Å². The van der Waals surface area contributed by atoms with Crippen molar-refractivity contribution in [1.29, 1.82) is 0 Å². The zero-order valence-electron chi connectivity index (χ0n) is 5.38. The summed E-state index contributed by atoms with van der Waals surface area (Å²) < 4.78 is 20.3. The number of nitrogens with two attached hydrogens (primary N) is 1. The summed E-state index contributed by atoms with van der Waals surface area (Å²) in [5, 5.41) is 6.50. The number of primary sulfonamides is 1. The van der Waals surface area contributed by atoms with E-state index in [9.17, 15) is 8.42 Å². The normalized spacial score (nSPS) is 10.7. The van der Waals surface area contributed by atoms with Crippen LogP contribution in [0.3, 0.4) is 0 Å². The van der Waals surface area contributed by atoms with Crippen molar-refractivity contribution in [3.8, 4) is 11.2 Å². The maximum atomic E-state index is 10.1. The molecule has 0 unspecified atom stereocenters. The average Bonchev–Trinajstić information content (AvgIpc) is 1.59. The predicted octanol–water partition coefficient (Wildman–Crippen LogP) is -0.108. The molecule has 0 rings (SSSR count). The summed E-state index contributed by atoms with van der Waals surface area (Å²) in [6.45, 7) is 3.58. The van der Waals surface area contributed by atoms with Crippen LogP contribution in [-0.4, -0.2) is 8.42 Å². The van der Waals surface area contributed by atoms with E-state index in [0.29, 0.717) is 0 Å². The van der Waals surface area contributed by atoms with Crippen LogP contribution in [0.5, 0.6) is 0 Å². The van der Waals surface area contributed by atoms with Crippen LogP contribution in [0.1, 0.15) is 13.8 Å². The fourth-order valence-corrected chi connectivity index (χ4v) is 0.600. The van der Waals surface area contributed by atoms with E-state index in [0.717, 1.165) is 0 Å². The Morgan fingerprint density at radius 1 is 1.44 bits per heavy atom. The molecule has 52 valence electrons. The van der Waals surface area contributed by atoms with Crippen LogP contribution in [0.4, 0.5) is 0 Å². The third kappa shape index (κ3) is 7.47. The molecule has 0 saturated carbocycles. The summed E-state index contributed by atoms with van der Waals surface area (Å²) in [6, 6.07) is 0. The second-order valence-electron chi connectivity index (χ2n) is 1.95. The van der Waals surface area contributed by atoms with Gasteiger partial charge in [-0.1, -0.05) is 19.8 Å². The van der Waals surface area contributed by atoms with Gasteiger partial charge in [0.2, 0.25) is 0 Å². The first-order chi connectivity index (χ1) is 3.92. The van der Waals surface area contributed by atoms with E-state index in [4.69, 9.17) is 0 Å². The van der Waals surface area contributed by atoms with Crippen LogP contribution >= 0.6 is 0 Å². The number of hydrogen-bond donors (Lipinski definition) is 1. The molecule has 0 aromatic rings. The number of hydrogen-bond acceptors (Lipinski definition) is 2. The van der Waals surface area contributed by atoms with Gasteiger partial charge in [-0.25, -0.2) is 5.14 Å². The Labute approximate surface area is 55.3 Å². The minimum atomic E-state index is -3.58. The Kier molecular flexibility index (Phi) is 2.68. The lowest BCUT2D eigenvalue weighted by Crippen LogP contribution is -2.07. The lowest BCUT2D eigenvalue weighted by Gasteiger charge is -1.85. The van der Waals surface area contributed by atoms with Crippen molar-refractivity contribution in [1.82, 2.24) is 0 Å². The summed E-state index contributed by atoms with van der Waals surface area (Å²) in [4.78, 5) is 0. The lowest BCUT2D eigenvalue weighted by atomic mass is 10.2. The highest BCUT2D eigenvalue weighted by atomic mass is 32.2. The second-order valence-corrected chi connectivity index (χ2v) is 3.24. The molecule has 0 aliphatic rings. The molecule has 0 aliphatic carbocycles. The largest absolute Gasteiger partial charge is 0.277 e. The molecule has 0 amide bonds. The highest BCUT2D eigenvalue weighted by Crippen LogP contribution is 1.85. The molecule has 0 saturated heterocycles. The first kappa shape index (κ1) is 8.47. The van der Waals surface area contributed by atoms with E-state index in [1.807, 2.05) is 5.25 Å². The second kappa shape index (κ2) is 2.85. The Balaban J connectivity index is 4.23. The van der Waals surface area contributed by atoms with Gasteiger partial charge in [0, 0.05) is 11.2 Å². The van der Waals surface area contributed by atoms with Crippen LogP contribution in [0.15, 0.2) is 0 Å². The van der Waals surface area contributed by atoms with Crippen molar-refractivity contribution in [2.75, 3.05) is 0 Å². The quantitative estimate of drug-likeness (QED) is 0.486. The summed E-state index contributed by atoms with van der Waals surface area (Å²) in [5.74, 6) is 2.47. The molecule has 0 aliphatic heterocycles. The van der Waals surface area contributed by atoms with Crippen LogP contribution in [0.2, 0.25) is 0 Å². The third-order valence-electron chi connectivity index (χ3n) is 0.490. The van der Waals surface area contributed by atoms with Crippen molar-refractivity contribution in [3.63, 3.8) is 0 Å². The van der Waals surface area contributed by atoms with E-state index in [2.05, 4.69) is 11.1 Å². The first-order valence-electron chi connectivity index (χ1n) is 2.47. The molecule has 0 bridgehead atoms. The zero-order chi connectivity index (χ0) is 7.49. The Bertz CT molecular complexity index is 229. The molecule has 0 spiro atoms. The van der Waals surface area contributed by atoms with Crippen LogP contribution < -0.4 is 5.14 Å². The van der Waals surface area contributed by atoms with Gasteiger partial charge >= 0.3 is 0 Å². The molecule has 0 radical (unpaired) electrons. The van der Waals surface area contributed by atoms with Crippen molar-refractivity contribution < 1.29 is 8.42 Å². The van der Waals surface area contributed by atoms with Gasteiger partial charge in [0.15, 0.2) is 0 Å². The molecule has 0 atom stereocenters. The van der Waals surface area contributed by atoms with Gasteiger partial charge in [-0.05, 0) is 0 Å². The SMILES string of the molecule is CC(C)C#CS(N)(=O)=O. The Hall–Kier alpha value is -0.530. The number of rotatable bonds is 0. The maximum absolute atomic E-state index is 10.1. The van der Waals surface area contributed by atoms with Crippen LogP contribution in [0, 0.1) is 17.1 Å². The molecule has 3 nitrogen and oxygen atoms in total. The molecule has 9 heavy (non-hydrogen) atoms. The van der Waals surface area contributed by atoms with Crippen LogP contribution in [0.25, 0.3) is 0 Å². The van der Waals surface area contributed by atoms with Crippen molar-refractivity contribution in [2.45, 2.75) is 13.8 Å². The summed E-state index contributed by atoms with van der Waals surface area (Å²) in [5.41, 5.74) is 0. The predicted molar refractivity (Wildman–Crippen MR) is 35.7 cm³/mol. The fraction of sp³-hybridized carbons (Fsp3) is 0.600. The van der Waals surface area contributed by atoms with Crippen molar-refractivity contribution in [3.05, 3.63) is 0 Å². The van der Waals surface area contributed by atoms with Gasteiger partial charge in [-0.15, -0.1) is 0 Å². The average molecular weight is 147 g/mol. The summed E-state index contributed by atoms with van der Waals surface area (Å²) in [7, 11) is -3.58. The van der Waals surface area contributed by atoms with Gasteiger partial charge in [0.05, 0.1) is 0 Å². The smallest absolute Gasteiger partial charge is 0.218 e. The third-order valence-corrected chi connectivity index (χ3v) is 0.892. The van der Waals surface area contributed by atoms with Gasteiger partial charge in [-0.2, -0.15) is 8.42 Å². The van der Waals surface area contributed by atoms with Gasteiger partial charge < -0.3 is 0 Å². The van der Waals surface area contributed by atoms with Crippen LogP contribution in [-0.2, 0) is 10.0 Å². The molecular formula is C5H9NO2S. The summed E-state index contributed by atoms with van der Waals surface area (Å²) >= 11 is 0. The van der Waals surface area contributed by atoms with Gasteiger partial charge in [-0.3, -0.25) is 0 Å². The molecule has 2 N–H and O–H groups in total.